The van der Waals surface area contributed by atoms with Gasteiger partial charge in [0.15, 0.2) is 0 Å². The van der Waals surface area contributed by atoms with E-state index in [1.807, 2.05) is 72.8 Å². The van der Waals surface area contributed by atoms with Crippen LogP contribution in [0.25, 0.3) is 0 Å². The first-order valence-corrected chi connectivity index (χ1v) is 21.4. The first-order valence-electron chi connectivity index (χ1n) is 21.4. The largest absolute Gasteiger partial charge is 0.459 e. The summed E-state index contributed by atoms with van der Waals surface area (Å²) in [6.45, 7) is 32.8. The highest BCUT2D eigenvalue weighted by atomic mass is 16.6. The maximum absolute atomic E-state index is 14.3. The van der Waals surface area contributed by atoms with Crippen LogP contribution in [0.15, 0.2) is 109 Å². The molecule has 0 fully saturated rings. The maximum Gasteiger partial charge on any atom is 0.333 e. The van der Waals surface area contributed by atoms with Crippen molar-refractivity contribution < 1.29 is 38.1 Å². The smallest absolute Gasteiger partial charge is 0.333 e. The number of fused-ring (bicyclic) bond motifs is 2. The summed E-state index contributed by atoms with van der Waals surface area (Å²) >= 11 is 0. The molecule has 0 aromatic heterocycles. The molecule has 2 atom stereocenters. The van der Waals surface area contributed by atoms with Gasteiger partial charge in [-0.05, 0) is 43.9 Å². The number of carbonyl (C=O) groups excluding carboxylic acids is 4. The molecular formula is C54H62O8. The molecule has 0 aliphatic carbocycles. The van der Waals surface area contributed by atoms with Gasteiger partial charge in [0.05, 0.1) is 0 Å². The third-order valence-corrected chi connectivity index (χ3v) is 12.1. The minimum Gasteiger partial charge on any atom is -0.459 e. The summed E-state index contributed by atoms with van der Waals surface area (Å²) in [7, 11) is 0. The van der Waals surface area contributed by atoms with Crippen LogP contribution in [0.1, 0.15) is 140 Å². The molecule has 2 heterocycles. The summed E-state index contributed by atoms with van der Waals surface area (Å²) in [5, 5.41) is 0. The first-order chi connectivity index (χ1) is 28.7. The van der Waals surface area contributed by atoms with Crippen molar-refractivity contribution in [3.8, 4) is 11.5 Å². The fourth-order valence-electron chi connectivity index (χ4n) is 8.46. The van der Waals surface area contributed by atoms with Crippen molar-refractivity contribution >= 4 is 23.9 Å². The zero-order chi connectivity index (χ0) is 45.8. The Labute approximate surface area is 367 Å². The van der Waals surface area contributed by atoms with Crippen molar-refractivity contribution in [1.29, 1.82) is 0 Å². The van der Waals surface area contributed by atoms with E-state index in [1.54, 1.807) is 0 Å². The van der Waals surface area contributed by atoms with Crippen LogP contribution in [0.2, 0.25) is 0 Å². The third kappa shape index (κ3) is 8.41. The second-order valence-electron chi connectivity index (χ2n) is 21.0. The Morgan fingerprint density at radius 2 is 0.839 bits per heavy atom. The number of carbonyl (C=O) groups is 4. The number of rotatable bonds is 11. The third-order valence-electron chi connectivity index (χ3n) is 12.1. The van der Waals surface area contributed by atoms with E-state index in [4.69, 9.17) is 18.9 Å². The van der Waals surface area contributed by atoms with E-state index in [1.165, 1.54) is 0 Å². The van der Waals surface area contributed by atoms with E-state index in [0.717, 1.165) is 22.3 Å². The van der Waals surface area contributed by atoms with Gasteiger partial charge in [0.2, 0.25) is 0 Å². The summed E-state index contributed by atoms with van der Waals surface area (Å²) in [6.07, 6.45) is -0.190. The topological polar surface area (TPSA) is 105 Å². The van der Waals surface area contributed by atoms with E-state index in [0.29, 0.717) is 33.8 Å². The van der Waals surface area contributed by atoms with Crippen LogP contribution >= 0.6 is 0 Å². The predicted molar refractivity (Wildman–Crippen MR) is 243 cm³/mol. The number of esters is 4. The van der Waals surface area contributed by atoms with E-state index in [2.05, 4.69) is 108 Å². The highest BCUT2D eigenvalue weighted by Gasteiger charge is 2.55. The molecular weight excluding hydrogens is 777 g/mol. The molecule has 0 N–H and O–H groups in total. The van der Waals surface area contributed by atoms with Crippen molar-refractivity contribution in [3.05, 3.63) is 154 Å². The van der Waals surface area contributed by atoms with Gasteiger partial charge in [-0.25, -0.2) is 9.59 Å². The van der Waals surface area contributed by atoms with Gasteiger partial charge >= 0.3 is 23.9 Å². The van der Waals surface area contributed by atoms with E-state index < -0.39 is 34.7 Å². The molecule has 8 heteroatoms. The maximum atomic E-state index is 14.3. The van der Waals surface area contributed by atoms with Crippen LogP contribution in [-0.4, -0.2) is 37.1 Å². The van der Waals surface area contributed by atoms with Gasteiger partial charge in [0.1, 0.15) is 35.5 Å². The lowest BCUT2D eigenvalue weighted by Gasteiger charge is -2.31. The standard InChI is InChI=1S/C54H62O8/c1-33(31-53(35-21-17-15-18-22-35)41-29-37(49(3,4)5)27-39(51(9,10)11)43(41)61-47(53)57)45(55)59-25-26-60-46(56)34(2)32-54(36-23-19-16-20-24-36)42-30-38(50(6,7)8)28-40(52(12,13)14)44(42)62-48(54)58/h15-24,27-30H,1-2,25-26,31-32H2,3-14H3. The van der Waals surface area contributed by atoms with E-state index in [9.17, 15) is 19.2 Å². The van der Waals surface area contributed by atoms with Crippen molar-refractivity contribution in [3.63, 3.8) is 0 Å². The molecule has 0 bridgehead atoms. The molecule has 4 aromatic carbocycles. The van der Waals surface area contributed by atoms with E-state index in [-0.39, 0.29) is 58.9 Å². The Kier molecular flexibility index (Phi) is 11.9. The Balaban J connectivity index is 1.21. The van der Waals surface area contributed by atoms with Crippen molar-refractivity contribution in [2.75, 3.05) is 13.2 Å². The zero-order valence-corrected chi connectivity index (χ0v) is 38.6. The van der Waals surface area contributed by atoms with E-state index >= 15 is 0 Å². The van der Waals surface area contributed by atoms with Crippen molar-refractivity contribution in [2.24, 2.45) is 0 Å². The van der Waals surface area contributed by atoms with Gasteiger partial charge in [0.25, 0.3) is 0 Å². The number of benzene rings is 4. The van der Waals surface area contributed by atoms with Crippen LogP contribution in [-0.2, 0) is 61.1 Å². The van der Waals surface area contributed by atoms with Crippen LogP contribution < -0.4 is 9.47 Å². The second kappa shape index (κ2) is 16.2. The summed E-state index contributed by atoms with van der Waals surface area (Å²) < 4.78 is 23.5. The molecule has 2 aliphatic heterocycles. The molecule has 62 heavy (non-hydrogen) atoms. The van der Waals surface area contributed by atoms with Crippen LogP contribution in [0.5, 0.6) is 11.5 Å². The SMILES string of the molecule is C=C(CC1(c2ccccc2)C(=O)Oc2c(C(C)(C)C)cc(C(C)(C)C)cc21)C(=O)OCCOC(=O)C(=C)CC1(c2ccccc2)C(=O)Oc2c(C(C)(C)C)cc(C(C)(C)C)cc21. The Bertz CT molecular complexity index is 2280. The normalized spacial score (nSPS) is 18.6. The molecule has 2 unspecified atom stereocenters. The summed E-state index contributed by atoms with van der Waals surface area (Å²) in [5.74, 6) is -1.47. The zero-order valence-electron chi connectivity index (χ0n) is 38.6. The van der Waals surface area contributed by atoms with Gasteiger partial charge < -0.3 is 18.9 Å². The molecule has 0 spiro atoms. The molecule has 8 nitrogen and oxygen atoms in total. The lowest BCUT2D eigenvalue weighted by molar-refractivity contribution is -0.148. The predicted octanol–water partition coefficient (Wildman–Crippen LogP) is 11.0. The molecule has 0 radical (unpaired) electrons. The average Bonchev–Trinajstić information content (AvgIpc) is 3.64. The van der Waals surface area contributed by atoms with Gasteiger partial charge in [-0.15, -0.1) is 0 Å². The summed E-state index contributed by atoms with van der Waals surface area (Å²) in [5.41, 5.74) is 2.73. The molecule has 0 saturated carbocycles. The minimum absolute atomic E-state index is 0.0559. The fourth-order valence-corrected chi connectivity index (χ4v) is 8.46. The molecule has 0 amide bonds. The first kappa shape index (κ1) is 45.8. The highest BCUT2D eigenvalue weighted by Crippen LogP contribution is 2.54. The molecule has 326 valence electrons. The Hall–Kier alpha value is -5.76. The number of hydrogen-bond donors (Lipinski definition) is 0. The average molecular weight is 839 g/mol. The molecule has 6 rings (SSSR count). The monoisotopic (exact) mass is 838 g/mol. The lowest BCUT2D eigenvalue weighted by Crippen LogP contribution is -2.37. The number of hydrogen-bond acceptors (Lipinski definition) is 8. The lowest BCUT2D eigenvalue weighted by atomic mass is 9.68. The summed E-state index contributed by atoms with van der Waals surface area (Å²) in [6, 6.07) is 26.9. The Morgan fingerprint density at radius 1 is 0.516 bits per heavy atom. The van der Waals surface area contributed by atoms with Gasteiger partial charge in [-0.2, -0.15) is 0 Å². The van der Waals surface area contributed by atoms with Crippen LogP contribution in [0, 0.1) is 0 Å². The molecule has 2 aliphatic rings. The van der Waals surface area contributed by atoms with Gasteiger partial charge in [-0.3, -0.25) is 9.59 Å². The fraction of sp³-hybridized carbons (Fsp3) is 0.407. The highest BCUT2D eigenvalue weighted by molar-refractivity contribution is 5.99. The molecule has 4 aromatic rings. The van der Waals surface area contributed by atoms with Crippen molar-refractivity contribution in [1.82, 2.24) is 0 Å². The second-order valence-corrected chi connectivity index (χ2v) is 21.0. The number of ether oxygens (including phenoxy) is 4. The van der Waals surface area contributed by atoms with Gasteiger partial charge in [-0.1, -0.05) is 181 Å². The van der Waals surface area contributed by atoms with Gasteiger partial charge in [0, 0.05) is 46.2 Å². The quantitative estimate of drug-likeness (QED) is 0.0636. The summed E-state index contributed by atoms with van der Waals surface area (Å²) in [4.78, 5) is 55.9. The van der Waals surface area contributed by atoms with Crippen LogP contribution in [0.3, 0.4) is 0 Å². The van der Waals surface area contributed by atoms with Crippen LogP contribution in [0.4, 0.5) is 0 Å². The Morgan fingerprint density at radius 3 is 1.13 bits per heavy atom. The van der Waals surface area contributed by atoms with Crippen molar-refractivity contribution in [2.45, 2.75) is 128 Å². The minimum atomic E-state index is -1.37. The molecule has 0 saturated heterocycles.